The van der Waals surface area contributed by atoms with Crippen LogP contribution < -0.4 is 9.47 Å². The lowest BCUT2D eigenvalue weighted by atomic mass is 10.0. The van der Waals surface area contributed by atoms with Crippen LogP contribution >= 0.6 is 0 Å². The van der Waals surface area contributed by atoms with Crippen molar-refractivity contribution in [3.8, 4) is 11.5 Å². The van der Waals surface area contributed by atoms with Crippen LogP contribution in [0.4, 0.5) is 0 Å². The third-order valence-electron chi connectivity index (χ3n) is 5.86. The summed E-state index contributed by atoms with van der Waals surface area (Å²) in [5.41, 5.74) is 0. The van der Waals surface area contributed by atoms with Crippen LogP contribution in [0.3, 0.4) is 0 Å². The summed E-state index contributed by atoms with van der Waals surface area (Å²) in [7, 11) is -3.21. The van der Waals surface area contributed by atoms with Crippen molar-refractivity contribution in [1.29, 1.82) is 0 Å². The van der Waals surface area contributed by atoms with Crippen molar-refractivity contribution in [3.63, 3.8) is 0 Å². The van der Waals surface area contributed by atoms with Crippen LogP contribution in [0.5, 0.6) is 11.5 Å². The van der Waals surface area contributed by atoms with Crippen LogP contribution in [-0.4, -0.2) is 67.3 Å². The second-order valence-electron chi connectivity index (χ2n) is 8.18. The van der Waals surface area contributed by atoms with E-state index in [1.54, 1.807) is 4.31 Å². The minimum atomic E-state index is -3.21. The third-order valence-corrected chi connectivity index (χ3v) is 8.56. The van der Waals surface area contributed by atoms with Gasteiger partial charge >= 0.3 is 0 Å². The zero-order valence-corrected chi connectivity index (χ0v) is 16.4. The van der Waals surface area contributed by atoms with E-state index < -0.39 is 14.8 Å². The number of sulfonamides is 1. The molecular formula is C19H28N2O4S. The number of piperidine rings is 1. The minimum absolute atomic E-state index is 0.0183. The zero-order valence-electron chi connectivity index (χ0n) is 15.6. The molecule has 0 radical (unpaired) electrons. The van der Waals surface area contributed by atoms with E-state index in [0.717, 1.165) is 44.0 Å². The van der Waals surface area contributed by atoms with E-state index in [1.165, 1.54) is 0 Å². The second-order valence-corrected chi connectivity index (χ2v) is 10.7. The van der Waals surface area contributed by atoms with E-state index in [0.29, 0.717) is 19.6 Å². The van der Waals surface area contributed by atoms with Gasteiger partial charge in [-0.3, -0.25) is 4.90 Å². The molecule has 0 saturated carbocycles. The Morgan fingerprint density at radius 1 is 1.19 bits per heavy atom. The summed E-state index contributed by atoms with van der Waals surface area (Å²) in [5, 5.41) is 0. The van der Waals surface area contributed by atoms with Gasteiger partial charge in [-0.25, -0.2) is 8.42 Å². The molecule has 2 fully saturated rings. The molecular weight excluding hydrogens is 352 g/mol. The fraction of sp³-hybridized carbons (Fsp3) is 0.684. The zero-order chi connectivity index (χ0) is 18.4. The number of hydrogen-bond donors (Lipinski definition) is 0. The molecule has 2 unspecified atom stereocenters. The molecule has 0 aromatic heterocycles. The predicted octanol–water partition coefficient (Wildman–Crippen LogP) is 2.10. The van der Waals surface area contributed by atoms with Gasteiger partial charge in [0, 0.05) is 25.7 Å². The van der Waals surface area contributed by atoms with E-state index in [9.17, 15) is 8.42 Å². The number of fused-ring (bicyclic) bond motifs is 1. The Hall–Kier alpha value is -1.31. The van der Waals surface area contributed by atoms with Gasteiger partial charge in [0.05, 0.1) is 4.75 Å². The van der Waals surface area contributed by atoms with Gasteiger partial charge in [-0.2, -0.15) is 4.31 Å². The molecule has 6 nitrogen and oxygen atoms in total. The molecule has 3 aliphatic rings. The van der Waals surface area contributed by atoms with Crippen molar-refractivity contribution in [2.24, 2.45) is 0 Å². The molecule has 0 aliphatic carbocycles. The highest BCUT2D eigenvalue weighted by Gasteiger charge is 2.48. The van der Waals surface area contributed by atoms with Crippen molar-refractivity contribution >= 4 is 10.0 Å². The van der Waals surface area contributed by atoms with Gasteiger partial charge in [0.25, 0.3) is 0 Å². The second kappa shape index (κ2) is 6.69. The summed E-state index contributed by atoms with van der Waals surface area (Å²) in [5.74, 6) is 1.59. The molecule has 4 rings (SSSR count). The number of para-hydroxylation sites is 2. The molecule has 1 aromatic carbocycles. The van der Waals surface area contributed by atoms with E-state index in [1.807, 2.05) is 38.1 Å². The molecule has 3 heterocycles. The van der Waals surface area contributed by atoms with Crippen molar-refractivity contribution in [3.05, 3.63) is 24.3 Å². The van der Waals surface area contributed by atoms with Gasteiger partial charge in [0.15, 0.2) is 11.5 Å². The monoisotopic (exact) mass is 380 g/mol. The van der Waals surface area contributed by atoms with Gasteiger partial charge < -0.3 is 9.47 Å². The van der Waals surface area contributed by atoms with Gasteiger partial charge in [-0.1, -0.05) is 12.1 Å². The van der Waals surface area contributed by atoms with Gasteiger partial charge in [-0.15, -0.1) is 0 Å². The lowest BCUT2D eigenvalue weighted by molar-refractivity contribution is 0.0433. The van der Waals surface area contributed by atoms with Crippen molar-refractivity contribution < 1.29 is 17.9 Å². The van der Waals surface area contributed by atoms with Crippen molar-refractivity contribution in [2.45, 2.75) is 50.0 Å². The summed E-state index contributed by atoms with van der Waals surface area (Å²) in [6.45, 7) is 7.38. The number of likely N-dealkylation sites (tertiary alicyclic amines) is 1. The van der Waals surface area contributed by atoms with Crippen LogP contribution in [0.2, 0.25) is 0 Å². The van der Waals surface area contributed by atoms with Crippen LogP contribution in [0.1, 0.15) is 33.1 Å². The Kier molecular flexibility index (Phi) is 4.65. The average molecular weight is 381 g/mol. The van der Waals surface area contributed by atoms with Gasteiger partial charge in [0.2, 0.25) is 10.0 Å². The number of rotatable bonds is 3. The summed E-state index contributed by atoms with van der Waals surface area (Å²) in [6.07, 6.45) is 2.65. The van der Waals surface area contributed by atoms with Crippen LogP contribution in [-0.2, 0) is 10.0 Å². The summed E-state index contributed by atoms with van der Waals surface area (Å²) >= 11 is 0. The smallest absolute Gasteiger partial charge is 0.219 e. The van der Waals surface area contributed by atoms with E-state index in [-0.39, 0.29) is 12.1 Å². The quantitative estimate of drug-likeness (QED) is 0.804. The Morgan fingerprint density at radius 2 is 1.96 bits per heavy atom. The Labute approximate surface area is 156 Å². The SMILES string of the molecule is CC1(C)CCN(C2CCCN(CC3COc4ccccc4O3)C2)S1(=O)=O. The Morgan fingerprint density at radius 3 is 2.69 bits per heavy atom. The maximum absolute atomic E-state index is 12.8. The fourth-order valence-electron chi connectivity index (χ4n) is 4.20. The lowest BCUT2D eigenvalue weighted by Gasteiger charge is -2.39. The molecule has 2 saturated heterocycles. The van der Waals surface area contributed by atoms with Crippen LogP contribution in [0, 0.1) is 0 Å². The average Bonchev–Trinajstić information content (AvgIpc) is 2.83. The maximum Gasteiger partial charge on any atom is 0.219 e. The van der Waals surface area contributed by atoms with Crippen LogP contribution in [0.15, 0.2) is 24.3 Å². The number of hydrogen-bond acceptors (Lipinski definition) is 5. The molecule has 144 valence electrons. The first-order valence-electron chi connectivity index (χ1n) is 9.49. The van der Waals surface area contributed by atoms with Crippen molar-refractivity contribution in [2.75, 3.05) is 32.8 Å². The molecule has 0 bridgehead atoms. The molecule has 0 spiro atoms. The highest BCUT2D eigenvalue weighted by Crippen LogP contribution is 2.36. The normalized spacial score (nSPS) is 31.0. The van der Waals surface area contributed by atoms with Crippen molar-refractivity contribution in [1.82, 2.24) is 9.21 Å². The van der Waals surface area contributed by atoms with E-state index >= 15 is 0 Å². The van der Waals surface area contributed by atoms with Gasteiger partial charge in [0.1, 0.15) is 12.7 Å². The first-order chi connectivity index (χ1) is 12.4. The molecule has 0 amide bonds. The summed E-state index contributed by atoms with van der Waals surface area (Å²) < 4.78 is 38.6. The number of nitrogens with zero attached hydrogens (tertiary/aromatic N) is 2. The topological polar surface area (TPSA) is 59.1 Å². The fourth-order valence-corrected chi connectivity index (χ4v) is 6.08. The third kappa shape index (κ3) is 3.21. The largest absolute Gasteiger partial charge is 0.486 e. The van der Waals surface area contributed by atoms with Crippen LogP contribution in [0.25, 0.3) is 0 Å². The minimum Gasteiger partial charge on any atom is -0.486 e. The first-order valence-corrected chi connectivity index (χ1v) is 10.9. The maximum atomic E-state index is 12.8. The highest BCUT2D eigenvalue weighted by atomic mass is 32.2. The summed E-state index contributed by atoms with van der Waals surface area (Å²) in [6, 6.07) is 7.81. The predicted molar refractivity (Wildman–Crippen MR) is 100 cm³/mol. The van der Waals surface area contributed by atoms with E-state index in [4.69, 9.17) is 9.47 Å². The Bertz CT molecular complexity index is 765. The Balaban J connectivity index is 1.39. The lowest BCUT2D eigenvalue weighted by Crippen LogP contribution is -2.52. The highest BCUT2D eigenvalue weighted by molar-refractivity contribution is 7.90. The number of benzene rings is 1. The van der Waals surface area contributed by atoms with E-state index in [2.05, 4.69) is 4.90 Å². The molecule has 0 N–H and O–H groups in total. The molecule has 3 aliphatic heterocycles. The molecule has 2 atom stereocenters. The standard InChI is InChI=1S/C19H28N2O4S/c1-19(2)9-11-21(26(19,22)23)15-6-5-10-20(12-15)13-16-14-24-17-7-3-4-8-18(17)25-16/h3-4,7-8,15-16H,5-6,9-14H2,1-2H3. The van der Waals surface area contributed by atoms with Gasteiger partial charge in [-0.05, 0) is 51.8 Å². The first kappa shape index (κ1) is 18.1. The summed E-state index contributed by atoms with van der Waals surface area (Å²) in [4.78, 5) is 2.33. The molecule has 1 aromatic rings. The molecule has 7 heteroatoms. The number of ether oxygens (including phenoxy) is 2. The molecule has 26 heavy (non-hydrogen) atoms.